The van der Waals surface area contributed by atoms with E-state index in [1.165, 1.54) is 19.2 Å². The molecular weight excluding hydrogens is 395 g/mol. The van der Waals surface area contributed by atoms with Crippen LogP contribution < -0.4 is 4.72 Å². The first kappa shape index (κ1) is 15.4. The van der Waals surface area contributed by atoms with Gasteiger partial charge in [-0.05, 0) is 28.1 Å². The molecular formula is C9H7BrCl2N4O3S. The first-order valence-corrected chi connectivity index (χ1v) is 8.01. The van der Waals surface area contributed by atoms with Crippen LogP contribution in [0.25, 0.3) is 0 Å². The van der Waals surface area contributed by atoms with Gasteiger partial charge >= 0.3 is 0 Å². The van der Waals surface area contributed by atoms with Crippen molar-refractivity contribution in [3.63, 3.8) is 0 Å². The number of aromatic nitrogens is 3. The molecule has 0 saturated heterocycles. The van der Waals surface area contributed by atoms with Gasteiger partial charge in [0.25, 0.3) is 10.0 Å². The van der Waals surface area contributed by atoms with Crippen molar-refractivity contribution in [3.8, 4) is 5.75 Å². The zero-order valence-electron chi connectivity index (χ0n) is 9.80. The van der Waals surface area contributed by atoms with Gasteiger partial charge in [-0.1, -0.05) is 28.4 Å². The van der Waals surface area contributed by atoms with Crippen molar-refractivity contribution < 1.29 is 13.5 Å². The Kier molecular flexibility index (Phi) is 4.14. The molecule has 0 aliphatic carbocycles. The SMILES string of the molecule is Cn1nnc(Br)c1S(=O)(=O)Nc1cc(Cl)c(O)c(Cl)c1. The van der Waals surface area contributed by atoms with Gasteiger partial charge in [-0.2, -0.15) is 8.42 Å². The summed E-state index contributed by atoms with van der Waals surface area (Å²) in [5.74, 6) is -0.320. The lowest BCUT2D eigenvalue weighted by Gasteiger charge is -2.09. The predicted molar refractivity (Wildman–Crippen MR) is 77.6 cm³/mol. The maximum Gasteiger partial charge on any atom is 0.281 e. The fourth-order valence-electron chi connectivity index (χ4n) is 1.44. The summed E-state index contributed by atoms with van der Waals surface area (Å²) < 4.78 is 27.9. The predicted octanol–water partition coefficient (Wildman–Crippen LogP) is 2.39. The highest BCUT2D eigenvalue weighted by atomic mass is 79.9. The Morgan fingerprint density at radius 1 is 1.35 bits per heavy atom. The highest BCUT2D eigenvalue weighted by Gasteiger charge is 2.24. The van der Waals surface area contributed by atoms with Crippen LogP contribution in [0.3, 0.4) is 0 Å². The van der Waals surface area contributed by atoms with Gasteiger partial charge < -0.3 is 5.11 Å². The van der Waals surface area contributed by atoms with Crippen molar-refractivity contribution in [1.29, 1.82) is 0 Å². The minimum absolute atomic E-state index is 0.0719. The normalized spacial score (nSPS) is 11.6. The lowest BCUT2D eigenvalue weighted by atomic mass is 10.3. The zero-order chi connectivity index (χ0) is 15.1. The van der Waals surface area contributed by atoms with Crippen LogP contribution in [-0.4, -0.2) is 28.5 Å². The van der Waals surface area contributed by atoms with Gasteiger partial charge in [0.1, 0.15) is 0 Å². The fourth-order valence-corrected chi connectivity index (χ4v) is 4.06. The molecule has 11 heteroatoms. The molecule has 1 heterocycles. The Bertz CT molecular complexity index is 735. The van der Waals surface area contributed by atoms with Crippen LogP contribution in [0.5, 0.6) is 5.75 Å². The van der Waals surface area contributed by atoms with Crippen molar-refractivity contribution in [2.75, 3.05) is 4.72 Å². The molecule has 2 N–H and O–H groups in total. The molecule has 1 aromatic heterocycles. The van der Waals surface area contributed by atoms with Crippen molar-refractivity contribution in [2.24, 2.45) is 7.05 Å². The quantitative estimate of drug-likeness (QED) is 0.769. The summed E-state index contributed by atoms with van der Waals surface area (Å²) in [6.07, 6.45) is 0. The summed E-state index contributed by atoms with van der Waals surface area (Å²) in [5.41, 5.74) is 0.103. The summed E-state index contributed by atoms with van der Waals surface area (Å²) in [5, 5.41) is 16.3. The van der Waals surface area contributed by atoms with Gasteiger partial charge in [-0.25, -0.2) is 4.68 Å². The Balaban J connectivity index is 2.44. The Morgan fingerprint density at radius 3 is 2.35 bits per heavy atom. The van der Waals surface area contributed by atoms with Gasteiger partial charge in [0.15, 0.2) is 10.4 Å². The van der Waals surface area contributed by atoms with E-state index in [4.69, 9.17) is 23.2 Å². The molecule has 0 radical (unpaired) electrons. The van der Waals surface area contributed by atoms with Gasteiger partial charge in [0, 0.05) is 7.05 Å². The van der Waals surface area contributed by atoms with E-state index >= 15 is 0 Å². The average molecular weight is 402 g/mol. The van der Waals surface area contributed by atoms with Gasteiger partial charge in [-0.3, -0.25) is 4.72 Å². The summed E-state index contributed by atoms with van der Waals surface area (Å²) in [6.45, 7) is 0. The second-order valence-corrected chi connectivity index (χ2v) is 6.87. The monoisotopic (exact) mass is 400 g/mol. The smallest absolute Gasteiger partial charge is 0.281 e. The lowest BCUT2D eigenvalue weighted by molar-refractivity contribution is 0.476. The summed E-state index contributed by atoms with van der Waals surface area (Å²) in [6, 6.07) is 2.47. The van der Waals surface area contributed by atoms with E-state index < -0.39 is 10.0 Å². The second-order valence-electron chi connectivity index (χ2n) is 3.70. The standard InChI is InChI=1S/C9H7BrCl2N4O3S/c1-16-9(8(10)13-15-16)20(18,19)14-4-2-5(11)7(17)6(12)3-4/h2-3,14,17H,1H3. The molecule has 0 spiro atoms. The molecule has 7 nitrogen and oxygen atoms in total. The van der Waals surface area contributed by atoms with E-state index in [-0.39, 0.29) is 31.1 Å². The van der Waals surface area contributed by atoms with Crippen molar-refractivity contribution in [3.05, 3.63) is 26.8 Å². The first-order chi connectivity index (χ1) is 9.22. The number of benzene rings is 1. The van der Waals surface area contributed by atoms with Crippen LogP contribution in [-0.2, 0) is 17.1 Å². The number of phenols is 1. The van der Waals surface area contributed by atoms with E-state index in [0.29, 0.717) is 0 Å². The number of nitrogens with zero attached hydrogens (tertiary/aromatic N) is 3. The van der Waals surface area contributed by atoms with E-state index in [9.17, 15) is 13.5 Å². The zero-order valence-corrected chi connectivity index (χ0v) is 13.7. The summed E-state index contributed by atoms with van der Waals surface area (Å²) in [7, 11) is -2.50. The molecule has 0 unspecified atom stereocenters. The molecule has 0 aliphatic rings. The number of anilines is 1. The van der Waals surface area contributed by atoms with Gasteiger partial charge in [-0.15, -0.1) is 5.10 Å². The number of aryl methyl sites for hydroxylation is 1. The van der Waals surface area contributed by atoms with Crippen LogP contribution in [0, 0.1) is 0 Å². The minimum Gasteiger partial charge on any atom is -0.505 e. The topological polar surface area (TPSA) is 97.1 Å². The van der Waals surface area contributed by atoms with E-state index in [1.807, 2.05) is 0 Å². The van der Waals surface area contributed by atoms with E-state index in [0.717, 1.165) is 4.68 Å². The number of halogens is 3. The average Bonchev–Trinajstić information content (AvgIpc) is 2.66. The number of phenolic OH excluding ortho intramolecular Hbond substituents is 1. The molecule has 0 saturated carbocycles. The molecule has 0 amide bonds. The van der Waals surface area contributed by atoms with Crippen molar-refractivity contribution in [1.82, 2.24) is 15.0 Å². The van der Waals surface area contributed by atoms with Gasteiger partial charge in [0.2, 0.25) is 5.03 Å². The summed E-state index contributed by atoms with van der Waals surface area (Å²) >= 11 is 14.5. The van der Waals surface area contributed by atoms with Gasteiger partial charge in [0.05, 0.1) is 15.7 Å². The number of hydrogen-bond donors (Lipinski definition) is 2. The first-order valence-electron chi connectivity index (χ1n) is 4.98. The Labute approximate surface area is 132 Å². The molecule has 2 rings (SSSR count). The van der Waals surface area contributed by atoms with Crippen LogP contribution in [0.15, 0.2) is 21.8 Å². The minimum atomic E-state index is -3.94. The number of hydrogen-bond acceptors (Lipinski definition) is 5. The van der Waals surface area contributed by atoms with Crippen molar-refractivity contribution >= 4 is 54.8 Å². The van der Waals surface area contributed by atoms with Crippen LogP contribution >= 0.6 is 39.1 Å². The molecule has 0 bridgehead atoms. The lowest BCUT2D eigenvalue weighted by Crippen LogP contribution is -2.17. The van der Waals surface area contributed by atoms with Crippen molar-refractivity contribution in [2.45, 2.75) is 5.03 Å². The number of sulfonamides is 1. The number of aromatic hydroxyl groups is 1. The number of nitrogens with one attached hydrogen (secondary N) is 1. The van der Waals surface area contributed by atoms with E-state index in [1.54, 1.807) is 0 Å². The molecule has 2 aromatic rings. The third kappa shape index (κ3) is 2.85. The molecule has 0 atom stereocenters. The number of rotatable bonds is 3. The maximum atomic E-state index is 12.2. The molecule has 0 fully saturated rings. The van der Waals surface area contributed by atoms with Crippen LogP contribution in [0.2, 0.25) is 10.0 Å². The highest BCUT2D eigenvalue weighted by Crippen LogP contribution is 2.35. The Hall–Kier alpha value is -1.03. The third-order valence-corrected chi connectivity index (χ3v) is 5.10. The van der Waals surface area contributed by atoms with Crippen LogP contribution in [0.4, 0.5) is 5.69 Å². The van der Waals surface area contributed by atoms with E-state index in [2.05, 4.69) is 31.0 Å². The fraction of sp³-hybridized carbons (Fsp3) is 0.111. The second kappa shape index (κ2) is 5.40. The summed E-state index contributed by atoms with van der Waals surface area (Å²) in [4.78, 5) is 0. The third-order valence-electron chi connectivity index (χ3n) is 2.26. The Morgan fingerprint density at radius 2 is 1.90 bits per heavy atom. The maximum absolute atomic E-state index is 12.2. The molecule has 0 aliphatic heterocycles. The molecule has 108 valence electrons. The molecule has 20 heavy (non-hydrogen) atoms. The highest BCUT2D eigenvalue weighted by molar-refractivity contribution is 9.10. The molecule has 1 aromatic carbocycles. The van der Waals surface area contributed by atoms with Crippen LogP contribution in [0.1, 0.15) is 0 Å². The largest absolute Gasteiger partial charge is 0.505 e.